The van der Waals surface area contributed by atoms with Crippen LogP contribution in [0.15, 0.2) is 62.1 Å². The third-order valence-corrected chi connectivity index (χ3v) is 6.79. The number of aliphatic imine (C=N–C) groups is 3. The zero-order chi connectivity index (χ0) is 30.1. The highest BCUT2D eigenvalue weighted by Gasteiger charge is 2.24. The third kappa shape index (κ3) is 13.2. The number of halogens is 2. The second-order valence-electron chi connectivity index (χ2n) is 9.05. The lowest BCUT2D eigenvalue weighted by molar-refractivity contribution is -0.119. The van der Waals surface area contributed by atoms with Crippen LogP contribution in [0.2, 0.25) is 0 Å². The summed E-state index contributed by atoms with van der Waals surface area (Å²) in [5.74, 6) is -0.287. The number of rotatable bonds is 12. The van der Waals surface area contributed by atoms with E-state index in [4.69, 9.17) is 5.11 Å². The number of carbonyl (C=O) groups is 1. The summed E-state index contributed by atoms with van der Waals surface area (Å²) in [5, 5.41) is 14.8. The van der Waals surface area contributed by atoms with Gasteiger partial charge in [-0.15, -0.1) is 0 Å². The average Bonchev–Trinajstić information content (AvgIpc) is 3.39. The van der Waals surface area contributed by atoms with Gasteiger partial charge in [-0.25, -0.2) is 4.99 Å². The van der Waals surface area contributed by atoms with Gasteiger partial charge in [0.25, 0.3) is 0 Å². The summed E-state index contributed by atoms with van der Waals surface area (Å²) in [4.78, 5) is 27.5. The van der Waals surface area contributed by atoms with Crippen LogP contribution >= 0.6 is 11.8 Å². The van der Waals surface area contributed by atoms with Crippen LogP contribution in [-0.4, -0.2) is 79.6 Å². The highest BCUT2D eigenvalue weighted by molar-refractivity contribution is 8.17. The van der Waals surface area contributed by atoms with E-state index in [9.17, 15) is 13.6 Å². The van der Waals surface area contributed by atoms with E-state index in [1.807, 2.05) is 20.8 Å². The number of aliphatic hydroxyl groups excluding tert-OH is 1. The summed E-state index contributed by atoms with van der Waals surface area (Å²) >= 11 is 1.37. The van der Waals surface area contributed by atoms with Crippen molar-refractivity contribution in [2.75, 3.05) is 27.2 Å². The molecule has 222 valence electrons. The molecule has 1 aromatic rings. The van der Waals surface area contributed by atoms with Gasteiger partial charge >= 0.3 is 6.61 Å². The summed E-state index contributed by atoms with van der Waals surface area (Å²) in [6.45, 7) is 10.9. The van der Waals surface area contributed by atoms with Gasteiger partial charge in [0.15, 0.2) is 5.17 Å². The smallest absolute Gasteiger partial charge is 0.387 e. The Hall–Kier alpha value is -3.25. The third-order valence-electron chi connectivity index (χ3n) is 5.64. The normalized spacial score (nSPS) is 16.3. The predicted octanol–water partition coefficient (Wildman–Crippen LogP) is 4.60. The molecular weight excluding hydrogens is 538 g/mol. The molecule has 1 aliphatic rings. The molecule has 0 radical (unpaired) electrons. The first-order valence-corrected chi connectivity index (χ1v) is 13.8. The highest BCUT2D eigenvalue weighted by atomic mass is 32.2. The maximum absolute atomic E-state index is 12.7. The highest BCUT2D eigenvalue weighted by Crippen LogP contribution is 2.24. The molecule has 3 N–H and O–H groups in total. The van der Waals surface area contributed by atoms with Crippen LogP contribution in [0.3, 0.4) is 0 Å². The van der Waals surface area contributed by atoms with E-state index in [1.54, 1.807) is 31.7 Å². The van der Waals surface area contributed by atoms with E-state index >= 15 is 0 Å². The molecule has 0 aromatic heterocycles. The zero-order valence-corrected chi connectivity index (χ0v) is 25.0. The van der Waals surface area contributed by atoms with Gasteiger partial charge in [-0.2, -0.15) is 8.78 Å². The molecule has 0 spiro atoms. The van der Waals surface area contributed by atoms with Crippen LogP contribution in [0.5, 0.6) is 5.75 Å². The topological polar surface area (TPSA) is 111 Å². The summed E-state index contributed by atoms with van der Waals surface area (Å²) in [7, 11) is 2.61. The number of ether oxygens (including phenoxy) is 1. The van der Waals surface area contributed by atoms with Gasteiger partial charge in [0.05, 0.1) is 17.7 Å². The molecule has 1 atom stereocenters. The second-order valence-corrected chi connectivity index (χ2v) is 10.0. The Balaban J connectivity index is 0.00000391. The number of benzene rings is 1. The van der Waals surface area contributed by atoms with Crippen molar-refractivity contribution in [3.05, 3.63) is 52.7 Å². The van der Waals surface area contributed by atoms with Crippen molar-refractivity contribution in [3.8, 4) is 5.75 Å². The lowest BCUT2D eigenvalue weighted by Crippen LogP contribution is -2.34. The minimum Gasteiger partial charge on any atom is -0.435 e. The predicted molar refractivity (Wildman–Crippen MR) is 161 cm³/mol. The number of alkyl halides is 2. The second kappa shape index (κ2) is 18.9. The fourth-order valence-electron chi connectivity index (χ4n) is 3.50. The Morgan fingerprint density at radius 1 is 1.35 bits per heavy atom. The molecule has 1 aliphatic heterocycles. The van der Waals surface area contributed by atoms with Gasteiger partial charge in [0, 0.05) is 45.0 Å². The number of amides is 1. The number of allylic oxidation sites excluding steroid dienone is 2. The Kier molecular flexibility index (Phi) is 16.5. The summed E-state index contributed by atoms with van der Waals surface area (Å²) in [6.07, 6.45) is 5.04. The van der Waals surface area contributed by atoms with Crippen molar-refractivity contribution in [1.29, 1.82) is 0 Å². The number of likely N-dealkylation sites (tertiary alicyclic amines) is 1. The molecule has 0 bridgehead atoms. The Morgan fingerprint density at radius 3 is 2.70 bits per heavy atom. The van der Waals surface area contributed by atoms with Crippen LogP contribution in [0.1, 0.15) is 46.1 Å². The Bertz CT molecular complexity index is 1080. The molecule has 2 rings (SSSR count). The number of thioether (sulfide) groups is 1. The molecule has 12 heteroatoms. The van der Waals surface area contributed by atoms with Gasteiger partial charge in [0.2, 0.25) is 5.91 Å². The number of amidine groups is 1. The van der Waals surface area contributed by atoms with Gasteiger partial charge in [-0.05, 0) is 68.6 Å². The van der Waals surface area contributed by atoms with Crippen molar-refractivity contribution in [2.45, 2.75) is 65.7 Å². The fraction of sp³-hybridized carbons (Fsp3) is 0.500. The molecule has 0 aliphatic carbocycles. The molecule has 1 fully saturated rings. The molecule has 9 nitrogen and oxygen atoms in total. The van der Waals surface area contributed by atoms with E-state index in [0.717, 1.165) is 49.3 Å². The molecule has 1 heterocycles. The van der Waals surface area contributed by atoms with E-state index in [0.29, 0.717) is 10.7 Å². The molecule has 1 saturated heterocycles. The Morgan fingerprint density at radius 2 is 2.08 bits per heavy atom. The van der Waals surface area contributed by atoms with Crippen LogP contribution in [-0.2, 0) is 11.2 Å². The van der Waals surface area contributed by atoms with Crippen molar-refractivity contribution in [3.63, 3.8) is 0 Å². The number of nitrogens with one attached hydrogen (secondary N) is 2. The maximum atomic E-state index is 12.7. The van der Waals surface area contributed by atoms with Gasteiger partial charge in [-0.1, -0.05) is 25.6 Å². The van der Waals surface area contributed by atoms with E-state index in [-0.39, 0.29) is 30.2 Å². The summed E-state index contributed by atoms with van der Waals surface area (Å²) in [6, 6.07) is 6.50. The molecular formula is C28H42F2N6O3S. The fourth-order valence-corrected chi connectivity index (χ4v) is 4.50. The largest absolute Gasteiger partial charge is 0.435 e. The van der Waals surface area contributed by atoms with Crippen molar-refractivity contribution >= 4 is 35.4 Å². The van der Waals surface area contributed by atoms with Crippen molar-refractivity contribution in [1.82, 2.24) is 15.5 Å². The van der Waals surface area contributed by atoms with Crippen LogP contribution in [0.4, 0.5) is 8.78 Å². The number of carbonyl (C=O) groups excluding carboxylic acids is 1. The number of hydrogen-bond acceptors (Lipinski definition) is 8. The first-order chi connectivity index (χ1) is 19.1. The summed E-state index contributed by atoms with van der Waals surface area (Å²) in [5.41, 5.74) is 2.54. The van der Waals surface area contributed by atoms with Crippen LogP contribution in [0, 0.1) is 0 Å². The molecule has 1 unspecified atom stereocenters. The van der Waals surface area contributed by atoms with Gasteiger partial charge in [-0.3, -0.25) is 14.8 Å². The standard InChI is InChI=1S/C27H38F2N6O2S.CH4O/c1-7-19(4)25(33-22-11-12-35(16-22)20(5)15-31-17-32-18(2)3)38-27(30-6)34-24(36)14-21-9-8-10-23(13-21)37-26(28)29;1-2/h8-10,13,15,17-18,22,26,33H,5,7,11-12,14,16H2,1-4,6H3,(H,30,34,36);2H,1H3. The van der Waals surface area contributed by atoms with Crippen LogP contribution in [0.25, 0.3) is 0 Å². The first kappa shape index (κ1) is 34.8. The maximum Gasteiger partial charge on any atom is 0.387 e. The van der Waals surface area contributed by atoms with Crippen molar-refractivity contribution in [2.24, 2.45) is 15.0 Å². The molecule has 1 amide bonds. The minimum atomic E-state index is -2.92. The van der Waals surface area contributed by atoms with E-state index in [1.165, 1.54) is 23.9 Å². The van der Waals surface area contributed by atoms with Crippen LogP contribution < -0.4 is 15.4 Å². The zero-order valence-electron chi connectivity index (χ0n) is 24.2. The molecule has 40 heavy (non-hydrogen) atoms. The van der Waals surface area contributed by atoms with Gasteiger partial charge in [0.1, 0.15) is 12.1 Å². The number of nitrogens with zero attached hydrogens (tertiary/aromatic N) is 4. The molecule has 1 aromatic carbocycles. The Labute approximate surface area is 240 Å². The quantitative estimate of drug-likeness (QED) is 0.246. The molecule has 0 saturated carbocycles. The first-order valence-electron chi connectivity index (χ1n) is 13.0. The minimum absolute atomic E-state index is 0.00236. The SMILES string of the molecule is C=C(C=NC=NC(C)C)N1CCC(NC(SC(=NC)NC(=O)Cc2cccc(OC(F)F)c2)=C(C)CC)C1.CO. The van der Waals surface area contributed by atoms with Gasteiger partial charge < -0.3 is 25.4 Å². The lowest BCUT2D eigenvalue weighted by atomic mass is 10.1. The van der Waals surface area contributed by atoms with E-state index in [2.05, 4.69) is 48.8 Å². The number of hydrogen-bond donors (Lipinski definition) is 3. The average molecular weight is 581 g/mol. The van der Waals surface area contributed by atoms with Crippen molar-refractivity contribution < 1.29 is 23.4 Å². The van der Waals surface area contributed by atoms with E-state index < -0.39 is 6.61 Å². The monoisotopic (exact) mass is 580 g/mol. The number of aliphatic hydroxyl groups is 1. The summed E-state index contributed by atoms with van der Waals surface area (Å²) < 4.78 is 29.4. The lowest BCUT2D eigenvalue weighted by Gasteiger charge is -2.21.